The number of carbonyl (C=O) groups excluding carboxylic acids is 1. The third kappa shape index (κ3) is 2.52. The van der Waals surface area contributed by atoms with Gasteiger partial charge in [-0.1, -0.05) is 11.2 Å². The van der Waals surface area contributed by atoms with E-state index in [0.29, 0.717) is 18.9 Å². The second-order valence-corrected chi connectivity index (χ2v) is 5.15. The van der Waals surface area contributed by atoms with E-state index in [0.717, 1.165) is 28.3 Å². The Kier molecular flexibility index (Phi) is 3.75. The Bertz CT molecular complexity index is 689. The van der Waals surface area contributed by atoms with Crippen LogP contribution in [-0.4, -0.2) is 30.4 Å². The molecule has 116 valence electrons. The minimum atomic E-state index is -0.614. The highest BCUT2D eigenvalue weighted by molar-refractivity contribution is 5.79. The van der Waals surface area contributed by atoms with Crippen LogP contribution in [0.15, 0.2) is 22.7 Å². The third-order valence-electron chi connectivity index (χ3n) is 3.60. The summed E-state index contributed by atoms with van der Waals surface area (Å²) in [5.74, 6) is 1.06. The van der Waals surface area contributed by atoms with Gasteiger partial charge >= 0.3 is 5.97 Å². The molecule has 1 aromatic carbocycles. The van der Waals surface area contributed by atoms with Crippen LogP contribution in [0.1, 0.15) is 18.4 Å². The maximum atomic E-state index is 11.7. The van der Waals surface area contributed by atoms with Crippen molar-refractivity contribution in [2.45, 2.75) is 26.9 Å². The standard InChI is InChI=1S/C16H18N2O4/c1-4-20-16(19)14-8-17-12-7-11(5-6-13(12)21-14)15-9(2)18-22-10(15)3/h5-7,14,17H,4,8H2,1-3H3. The average molecular weight is 302 g/mol. The molecule has 0 amide bonds. The van der Waals surface area contributed by atoms with E-state index < -0.39 is 6.10 Å². The van der Waals surface area contributed by atoms with Crippen molar-refractivity contribution in [1.29, 1.82) is 0 Å². The first-order chi connectivity index (χ1) is 10.6. The van der Waals surface area contributed by atoms with Gasteiger partial charge in [0.25, 0.3) is 0 Å². The highest BCUT2D eigenvalue weighted by atomic mass is 16.6. The summed E-state index contributed by atoms with van der Waals surface area (Å²) in [5.41, 5.74) is 3.68. The van der Waals surface area contributed by atoms with Crippen molar-refractivity contribution in [2.75, 3.05) is 18.5 Å². The quantitative estimate of drug-likeness (QED) is 0.879. The molecule has 0 radical (unpaired) electrons. The zero-order valence-corrected chi connectivity index (χ0v) is 12.8. The summed E-state index contributed by atoms with van der Waals surface area (Å²) in [6.45, 7) is 6.30. The molecule has 6 nitrogen and oxygen atoms in total. The Hall–Kier alpha value is -2.50. The van der Waals surface area contributed by atoms with Crippen LogP contribution in [0.25, 0.3) is 11.1 Å². The molecule has 0 fully saturated rings. The van der Waals surface area contributed by atoms with Crippen molar-refractivity contribution < 1.29 is 18.8 Å². The molecule has 0 aliphatic carbocycles. The monoisotopic (exact) mass is 302 g/mol. The Morgan fingerprint density at radius 1 is 1.45 bits per heavy atom. The largest absolute Gasteiger partial charge is 0.475 e. The Balaban J connectivity index is 1.86. The SMILES string of the molecule is CCOC(=O)C1CNc2cc(-c3c(C)noc3C)ccc2O1. The minimum Gasteiger partial charge on any atom is -0.475 e. The number of fused-ring (bicyclic) bond motifs is 1. The fraction of sp³-hybridized carbons (Fsp3) is 0.375. The molecule has 22 heavy (non-hydrogen) atoms. The molecular formula is C16H18N2O4. The van der Waals surface area contributed by atoms with Crippen molar-refractivity contribution in [3.05, 3.63) is 29.7 Å². The highest BCUT2D eigenvalue weighted by Crippen LogP contribution is 2.35. The zero-order valence-electron chi connectivity index (χ0n) is 12.8. The number of hydrogen-bond donors (Lipinski definition) is 1. The van der Waals surface area contributed by atoms with Crippen LogP contribution in [0, 0.1) is 13.8 Å². The fourth-order valence-electron chi connectivity index (χ4n) is 2.59. The van der Waals surface area contributed by atoms with Gasteiger partial charge in [0.2, 0.25) is 6.10 Å². The van der Waals surface area contributed by atoms with Crippen molar-refractivity contribution in [3.63, 3.8) is 0 Å². The Labute approximate surface area is 128 Å². The average Bonchev–Trinajstić information content (AvgIpc) is 2.85. The van der Waals surface area contributed by atoms with Gasteiger partial charge in [-0.2, -0.15) is 0 Å². The van der Waals surface area contributed by atoms with Gasteiger partial charge < -0.3 is 19.3 Å². The third-order valence-corrected chi connectivity index (χ3v) is 3.60. The normalized spacial score (nSPS) is 16.4. The molecule has 0 saturated heterocycles. The molecule has 3 rings (SSSR count). The van der Waals surface area contributed by atoms with E-state index in [9.17, 15) is 4.79 Å². The lowest BCUT2D eigenvalue weighted by molar-refractivity contribution is -0.150. The molecule has 6 heteroatoms. The summed E-state index contributed by atoms with van der Waals surface area (Å²) in [4.78, 5) is 11.7. The number of esters is 1. The molecular weight excluding hydrogens is 284 g/mol. The lowest BCUT2D eigenvalue weighted by Gasteiger charge is -2.26. The maximum absolute atomic E-state index is 11.7. The number of nitrogens with zero attached hydrogens (tertiary/aromatic N) is 1. The summed E-state index contributed by atoms with van der Waals surface area (Å²) in [6, 6.07) is 5.75. The predicted octanol–water partition coefficient (Wildman–Crippen LogP) is 2.69. The topological polar surface area (TPSA) is 73.6 Å². The van der Waals surface area contributed by atoms with Gasteiger partial charge in [-0.05, 0) is 38.5 Å². The van der Waals surface area contributed by atoms with E-state index in [1.165, 1.54) is 0 Å². The van der Waals surface area contributed by atoms with E-state index in [1.807, 2.05) is 32.0 Å². The van der Waals surface area contributed by atoms with Crippen molar-refractivity contribution in [2.24, 2.45) is 0 Å². The van der Waals surface area contributed by atoms with Crippen LogP contribution in [-0.2, 0) is 9.53 Å². The minimum absolute atomic E-state index is 0.344. The number of nitrogens with one attached hydrogen (secondary N) is 1. The van der Waals surface area contributed by atoms with E-state index in [4.69, 9.17) is 14.0 Å². The van der Waals surface area contributed by atoms with Crippen molar-refractivity contribution in [1.82, 2.24) is 5.16 Å². The molecule has 1 aliphatic heterocycles. The van der Waals surface area contributed by atoms with Crippen LogP contribution >= 0.6 is 0 Å². The first-order valence-corrected chi connectivity index (χ1v) is 7.24. The summed E-state index contributed by atoms with van der Waals surface area (Å²) in [5, 5.41) is 7.19. The number of aromatic nitrogens is 1. The highest BCUT2D eigenvalue weighted by Gasteiger charge is 2.27. The van der Waals surface area contributed by atoms with Gasteiger partial charge in [0.15, 0.2) is 0 Å². The molecule has 0 bridgehead atoms. The van der Waals surface area contributed by atoms with Crippen LogP contribution in [0.3, 0.4) is 0 Å². The van der Waals surface area contributed by atoms with Crippen molar-refractivity contribution in [3.8, 4) is 16.9 Å². The lowest BCUT2D eigenvalue weighted by atomic mass is 10.0. The van der Waals surface area contributed by atoms with Crippen LogP contribution in [0.4, 0.5) is 5.69 Å². The molecule has 1 atom stereocenters. The van der Waals surface area contributed by atoms with E-state index in [-0.39, 0.29) is 5.97 Å². The number of hydrogen-bond acceptors (Lipinski definition) is 6. The number of anilines is 1. The number of carbonyl (C=O) groups is 1. The molecule has 2 heterocycles. The van der Waals surface area contributed by atoms with Crippen LogP contribution in [0.5, 0.6) is 5.75 Å². The molecule has 1 aliphatic rings. The van der Waals surface area contributed by atoms with Gasteiger partial charge in [0, 0.05) is 5.56 Å². The molecule has 2 aromatic rings. The maximum Gasteiger partial charge on any atom is 0.349 e. The van der Waals surface area contributed by atoms with E-state index in [1.54, 1.807) is 6.92 Å². The van der Waals surface area contributed by atoms with E-state index >= 15 is 0 Å². The van der Waals surface area contributed by atoms with Gasteiger partial charge in [-0.25, -0.2) is 4.79 Å². The zero-order chi connectivity index (χ0) is 15.7. The van der Waals surface area contributed by atoms with Gasteiger partial charge in [-0.3, -0.25) is 0 Å². The Morgan fingerprint density at radius 3 is 2.95 bits per heavy atom. The predicted molar refractivity (Wildman–Crippen MR) is 81.0 cm³/mol. The summed E-state index contributed by atoms with van der Waals surface area (Å²) in [6.07, 6.45) is -0.614. The molecule has 1 aromatic heterocycles. The molecule has 1 unspecified atom stereocenters. The van der Waals surface area contributed by atoms with Gasteiger partial charge in [0.1, 0.15) is 11.5 Å². The molecule has 0 spiro atoms. The Morgan fingerprint density at radius 2 is 2.27 bits per heavy atom. The van der Waals surface area contributed by atoms with Crippen LogP contribution in [0.2, 0.25) is 0 Å². The second-order valence-electron chi connectivity index (χ2n) is 5.15. The number of rotatable bonds is 3. The number of ether oxygens (including phenoxy) is 2. The summed E-state index contributed by atoms with van der Waals surface area (Å²) in [7, 11) is 0. The van der Waals surface area contributed by atoms with Gasteiger partial charge in [-0.15, -0.1) is 0 Å². The summed E-state index contributed by atoms with van der Waals surface area (Å²) >= 11 is 0. The molecule has 1 N–H and O–H groups in total. The fourth-order valence-corrected chi connectivity index (χ4v) is 2.59. The number of aryl methyl sites for hydroxylation is 2. The smallest absolute Gasteiger partial charge is 0.349 e. The first kappa shape index (κ1) is 14.4. The number of benzene rings is 1. The molecule has 0 saturated carbocycles. The van der Waals surface area contributed by atoms with Crippen molar-refractivity contribution >= 4 is 11.7 Å². The van der Waals surface area contributed by atoms with E-state index in [2.05, 4.69) is 10.5 Å². The lowest BCUT2D eigenvalue weighted by Crippen LogP contribution is -2.38. The summed E-state index contributed by atoms with van der Waals surface area (Å²) < 4.78 is 15.9. The van der Waals surface area contributed by atoms with Gasteiger partial charge in [0.05, 0.1) is 24.5 Å². The first-order valence-electron chi connectivity index (χ1n) is 7.24. The second kappa shape index (κ2) is 5.71. The van der Waals surface area contributed by atoms with Crippen LogP contribution < -0.4 is 10.1 Å².